The van der Waals surface area contributed by atoms with Gasteiger partial charge in [0.05, 0.1) is 0 Å². The zero-order valence-corrected chi connectivity index (χ0v) is 12.4. The van der Waals surface area contributed by atoms with Gasteiger partial charge < -0.3 is 14.8 Å². The molecule has 0 radical (unpaired) electrons. The van der Waals surface area contributed by atoms with Crippen LogP contribution in [0.4, 0.5) is 5.95 Å². The van der Waals surface area contributed by atoms with E-state index >= 15 is 0 Å². The maximum atomic E-state index is 4.47. The fourth-order valence-electron chi connectivity index (χ4n) is 2.77. The molecule has 2 rings (SSSR count). The molecule has 1 aliphatic rings. The van der Waals surface area contributed by atoms with Gasteiger partial charge in [0.1, 0.15) is 0 Å². The molecule has 1 aliphatic carbocycles. The predicted octanol–water partition coefficient (Wildman–Crippen LogP) is 2.97. The molecule has 0 unspecified atom stereocenters. The van der Waals surface area contributed by atoms with Crippen LogP contribution in [-0.2, 0) is 6.54 Å². The minimum atomic E-state index is 0.636. The molecule has 0 bridgehead atoms. The Morgan fingerprint density at radius 2 is 2.05 bits per heavy atom. The molecule has 4 nitrogen and oxygen atoms in total. The third-order valence-corrected chi connectivity index (χ3v) is 3.91. The molecule has 0 spiro atoms. The van der Waals surface area contributed by atoms with Gasteiger partial charge in [0, 0.05) is 25.0 Å². The Balaban J connectivity index is 1.76. The Morgan fingerprint density at radius 3 is 2.79 bits per heavy atom. The molecule has 19 heavy (non-hydrogen) atoms. The van der Waals surface area contributed by atoms with Crippen molar-refractivity contribution in [1.82, 2.24) is 14.5 Å². The summed E-state index contributed by atoms with van der Waals surface area (Å²) in [6, 6.07) is 0.636. The zero-order chi connectivity index (χ0) is 13.5. The van der Waals surface area contributed by atoms with Crippen LogP contribution in [0.3, 0.4) is 0 Å². The lowest BCUT2D eigenvalue weighted by molar-refractivity contribution is 0.387. The van der Waals surface area contributed by atoms with Crippen LogP contribution < -0.4 is 5.32 Å². The molecule has 1 saturated carbocycles. The Labute approximate surface area is 117 Å². The molecule has 0 atom stereocenters. The molecule has 108 valence electrons. The van der Waals surface area contributed by atoms with E-state index in [0.29, 0.717) is 6.04 Å². The van der Waals surface area contributed by atoms with Crippen molar-refractivity contribution in [1.29, 1.82) is 0 Å². The number of unbranched alkanes of at least 4 members (excludes halogenated alkanes) is 1. The summed E-state index contributed by atoms with van der Waals surface area (Å²) < 4.78 is 2.27. The lowest BCUT2D eigenvalue weighted by Crippen LogP contribution is -2.24. The molecule has 0 saturated heterocycles. The highest BCUT2D eigenvalue weighted by atomic mass is 15.2. The van der Waals surface area contributed by atoms with Crippen LogP contribution in [0.5, 0.6) is 0 Å². The molecule has 4 heteroatoms. The van der Waals surface area contributed by atoms with Gasteiger partial charge in [-0.2, -0.15) is 0 Å². The Bertz CT molecular complexity index is 353. The number of nitrogens with zero attached hydrogens (tertiary/aromatic N) is 3. The summed E-state index contributed by atoms with van der Waals surface area (Å²) in [5.74, 6) is 1.07. The van der Waals surface area contributed by atoms with E-state index in [1.807, 2.05) is 6.20 Å². The number of hydrogen-bond donors (Lipinski definition) is 1. The highest BCUT2D eigenvalue weighted by molar-refractivity contribution is 5.27. The van der Waals surface area contributed by atoms with Crippen molar-refractivity contribution in [3.05, 3.63) is 12.4 Å². The summed E-state index contributed by atoms with van der Waals surface area (Å²) in [5, 5.41) is 3.62. The summed E-state index contributed by atoms with van der Waals surface area (Å²) in [6.45, 7) is 2.24. The van der Waals surface area contributed by atoms with Crippen molar-refractivity contribution in [2.45, 2.75) is 57.5 Å². The first-order chi connectivity index (χ1) is 9.25. The van der Waals surface area contributed by atoms with E-state index < -0.39 is 0 Å². The van der Waals surface area contributed by atoms with Crippen molar-refractivity contribution in [3.8, 4) is 0 Å². The Hall–Kier alpha value is -1.03. The van der Waals surface area contributed by atoms with Crippen LogP contribution in [0.25, 0.3) is 0 Å². The third-order valence-electron chi connectivity index (χ3n) is 3.91. The van der Waals surface area contributed by atoms with Crippen LogP contribution in [0.2, 0.25) is 0 Å². The number of rotatable bonds is 7. The van der Waals surface area contributed by atoms with E-state index in [1.54, 1.807) is 0 Å². The van der Waals surface area contributed by atoms with E-state index in [1.165, 1.54) is 51.5 Å². The van der Waals surface area contributed by atoms with Gasteiger partial charge in [-0.05, 0) is 46.3 Å². The fraction of sp³-hybridized carbons (Fsp3) is 0.800. The summed E-state index contributed by atoms with van der Waals surface area (Å²) >= 11 is 0. The molecule has 1 heterocycles. The van der Waals surface area contributed by atoms with Crippen molar-refractivity contribution in [2.75, 3.05) is 26.0 Å². The second kappa shape index (κ2) is 7.53. The normalized spacial score (nSPS) is 17.0. The van der Waals surface area contributed by atoms with Crippen LogP contribution in [0.1, 0.15) is 44.9 Å². The number of aryl methyl sites for hydroxylation is 1. The second-order valence-corrected chi connectivity index (χ2v) is 5.93. The summed E-state index contributed by atoms with van der Waals surface area (Å²) in [7, 11) is 4.26. The van der Waals surface area contributed by atoms with Crippen LogP contribution in [0.15, 0.2) is 12.4 Å². The minimum Gasteiger partial charge on any atom is -0.353 e. The quantitative estimate of drug-likeness (QED) is 0.769. The first-order valence-electron chi connectivity index (χ1n) is 7.68. The average molecular weight is 264 g/mol. The maximum Gasteiger partial charge on any atom is 0.202 e. The third kappa shape index (κ3) is 4.86. The van der Waals surface area contributed by atoms with Crippen molar-refractivity contribution >= 4 is 5.95 Å². The maximum absolute atomic E-state index is 4.47. The number of aromatic nitrogens is 2. The average Bonchev–Trinajstić information content (AvgIpc) is 2.83. The van der Waals surface area contributed by atoms with E-state index in [4.69, 9.17) is 0 Å². The molecule has 1 aromatic rings. The minimum absolute atomic E-state index is 0.636. The highest BCUT2D eigenvalue weighted by Crippen LogP contribution is 2.21. The number of imidazole rings is 1. The summed E-state index contributed by atoms with van der Waals surface area (Å²) in [6.07, 6.45) is 13.2. The molecular formula is C15H28N4. The Kier molecular flexibility index (Phi) is 5.70. The largest absolute Gasteiger partial charge is 0.353 e. The van der Waals surface area contributed by atoms with Crippen LogP contribution >= 0.6 is 0 Å². The van der Waals surface area contributed by atoms with Crippen molar-refractivity contribution < 1.29 is 0 Å². The lowest BCUT2D eigenvalue weighted by atomic mass is 9.96. The first-order valence-corrected chi connectivity index (χ1v) is 7.68. The van der Waals surface area contributed by atoms with Crippen molar-refractivity contribution in [2.24, 2.45) is 0 Å². The predicted molar refractivity (Wildman–Crippen MR) is 80.5 cm³/mol. The molecule has 1 fully saturated rings. The van der Waals surface area contributed by atoms with Gasteiger partial charge in [-0.1, -0.05) is 19.3 Å². The van der Waals surface area contributed by atoms with Gasteiger partial charge in [-0.3, -0.25) is 0 Å². The number of nitrogens with one attached hydrogen (secondary N) is 1. The van der Waals surface area contributed by atoms with Crippen molar-refractivity contribution in [3.63, 3.8) is 0 Å². The summed E-state index contributed by atoms with van der Waals surface area (Å²) in [5.41, 5.74) is 0. The van der Waals surface area contributed by atoms with Gasteiger partial charge >= 0.3 is 0 Å². The smallest absolute Gasteiger partial charge is 0.202 e. The van der Waals surface area contributed by atoms with E-state index in [9.17, 15) is 0 Å². The SMILES string of the molecule is CN(C)CCCCn1ccnc1NC1CCCCC1. The monoisotopic (exact) mass is 264 g/mol. The fourth-order valence-corrected chi connectivity index (χ4v) is 2.77. The number of hydrogen-bond acceptors (Lipinski definition) is 3. The van der Waals surface area contributed by atoms with Gasteiger partial charge in [-0.25, -0.2) is 4.98 Å². The molecule has 1 N–H and O–H groups in total. The van der Waals surface area contributed by atoms with Gasteiger partial charge in [0.25, 0.3) is 0 Å². The highest BCUT2D eigenvalue weighted by Gasteiger charge is 2.14. The van der Waals surface area contributed by atoms with Gasteiger partial charge in [0.15, 0.2) is 0 Å². The van der Waals surface area contributed by atoms with Gasteiger partial charge in [0.2, 0.25) is 5.95 Å². The van der Waals surface area contributed by atoms with Crippen LogP contribution in [0, 0.1) is 0 Å². The molecule has 0 amide bonds. The lowest BCUT2D eigenvalue weighted by Gasteiger charge is -2.23. The first kappa shape index (κ1) is 14.4. The summed E-state index contributed by atoms with van der Waals surface area (Å²) in [4.78, 5) is 6.71. The second-order valence-electron chi connectivity index (χ2n) is 5.93. The Morgan fingerprint density at radius 1 is 1.26 bits per heavy atom. The topological polar surface area (TPSA) is 33.1 Å². The molecule has 1 aromatic heterocycles. The van der Waals surface area contributed by atoms with E-state index in [2.05, 4.69) is 40.1 Å². The van der Waals surface area contributed by atoms with E-state index in [-0.39, 0.29) is 0 Å². The molecular weight excluding hydrogens is 236 g/mol. The van der Waals surface area contributed by atoms with Crippen LogP contribution in [-0.4, -0.2) is 41.1 Å². The zero-order valence-electron chi connectivity index (χ0n) is 12.4. The van der Waals surface area contributed by atoms with Gasteiger partial charge in [-0.15, -0.1) is 0 Å². The molecule has 0 aliphatic heterocycles. The molecule has 0 aromatic carbocycles. The number of anilines is 1. The van der Waals surface area contributed by atoms with E-state index in [0.717, 1.165) is 12.5 Å². The standard InChI is InChI=1S/C15H28N4/c1-18(2)11-6-7-12-19-13-10-16-15(19)17-14-8-4-3-5-9-14/h10,13-14H,3-9,11-12H2,1-2H3,(H,16,17).